The Balaban J connectivity index is 1.76. The third kappa shape index (κ3) is 5.43. The smallest absolute Gasteiger partial charge is 0.337 e. The maximum Gasteiger partial charge on any atom is 0.419 e. The standard InChI is InChI=1S/C22H23F3N6O/c1-4-16(7-9-18-28-12-15(13-29-18)22(23,24)25)31(3)21(32)19-17(8-6-14(2)30-19)20-26-10-5-11-27-20/h5-6,8,10-13,16H,4,7,9H2,1-3H3/t16-/m0/s1. The lowest BCUT2D eigenvalue weighted by Gasteiger charge is -2.27. The second-order valence-electron chi connectivity index (χ2n) is 7.32. The van der Waals surface area contributed by atoms with Gasteiger partial charge in [-0.25, -0.2) is 24.9 Å². The van der Waals surface area contributed by atoms with Gasteiger partial charge in [0.25, 0.3) is 5.91 Å². The van der Waals surface area contributed by atoms with Crippen LogP contribution in [-0.2, 0) is 12.6 Å². The number of hydrogen-bond donors (Lipinski definition) is 0. The molecule has 0 unspecified atom stereocenters. The van der Waals surface area contributed by atoms with Crippen molar-refractivity contribution in [2.45, 2.75) is 45.3 Å². The zero-order valence-electron chi connectivity index (χ0n) is 18.0. The van der Waals surface area contributed by atoms with Gasteiger partial charge in [0, 0.05) is 50.0 Å². The third-order valence-electron chi connectivity index (χ3n) is 5.12. The van der Waals surface area contributed by atoms with Crippen LogP contribution in [0.3, 0.4) is 0 Å². The Hall–Kier alpha value is -3.43. The molecule has 0 fully saturated rings. The van der Waals surface area contributed by atoms with Crippen LogP contribution >= 0.6 is 0 Å². The molecule has 0 aliphatic rings. The van der Waals surface area contributed by atoms with Gasteiger partial charge in [-0.05, 0) is 38.0 Å². The van der Waals surface area contributed by atoms with Crippen molar-refractivity contribution in [2.24, 2.45) is 0 Å². The maximum absolute atomic E-state index is 13.3. The number of rotatable bonds is 7. The molecule has 3 aromatic heterocycles. The van der Waals surface area contributed by atoms with Gasteiger partial charge < -0.3 is 4.90 Å². The van der Waals surface area contributed by atoms with Gasteiger partial charge in [-0.3, -0.25) is 4.79 Å². The molecule has 32 heavy (non-hydrogen) atoms. The van der Waals surface area contributed by atoms with Gasteiger partial charge in [0.2, 0.25) is 0 Å². The minimum Gasteiger partial charge on any atom is -0.337 e. The minimum absolute atomic E-state index is 0.180. The molecule has 3 aromatic rings. The summed E-state index contributed by atoms with van der Waals surface area (Å²) < 4.78 is 38.1. The summed E-state index contributed by atoms with van der Waals surface area (Å²) in [5.41, 5.74) is 0.589. The minimum atomic E-state index is -4.47. The lowest BCUT2D eigenvalue weighted by atomic mass is 10.0. The highest BCUT2D eigenvalue weighted by atomic mass is 19.4. The molecule has 1 amide bonds. The van der Waals surface area contributed by atoms with E-state index in [1.54, 1.807) is 49.5 Å². The van der Waals surface area contributed by atoms with Crippen molar-refractivity contribution in [2.75, 3.05) is 7.05 Å². The summed E-state index contributed by atoms with van der Waals surface area (Å²) in [6.45, 7) is 3.73. The Labute approximate surface area is 183 Å². The number of pyridine rings is 1. The highest BCUT2D eigenvalue weighted by Gasteiger charge is 2.31. The molecule has 0 bridgehead atoms. The first-order valence-corrected chi connectivity index (χ1v) is 10.1. The largest absolute Gasteiger partial charge is 0.419 e. The van der Waals surface area contributed by atoms with Gasteiger partial charge in [-0.1, -0.05) is 6.92 Å². The quantitative estimate of drug-likeness (QED) is 0.545. The molecule has 7 nitrogen and oxygen atoms in total. The Morgan fingerprint density at radius 2 is 1.75 bits per heavy atom. The fourth-order valence-electron chi connectivity index (χ4n) is 3.27. The maximum atomic E-state index is 13.3. The fraction of sp³-hybridized carbons (Fsp3) is 0.364. The lowest BCUT2D eigenvalue weighted by molar-refractivity contribution is -0.138. The number of alkyl halides is 3. The van der Waals surface area contributed by atoms with E-state index in [4.69, 9.17) is 0 Å². The monoisotopic (exact) mass is 444 g/mol. The number of aromatic nitrogens is 5. The molecule has 0 aliphatic heterocycles. The topological polar surface area (TPSA) is 84.8 Å². The SMILES string of the molecule is CC[C@@H](CCc1ncc(C(F)(F)F)cn1)N(C)C(=O)c1nc(C)ccc1-c1ncccn1. The second kappa shape index (κ2) is 9.80. The Morgan fingerprint density at radius 3 is 2.34 bits per heavy atom. The van der Waals surface area contributed by atoms with Crippen LogP contribution in [0.2, 0.25) is 0 Å². The second-order valence-corrected chi connectivity index (χ2v) is 7.32. The Bertz CT molecular complexity index is 1060. The van der Waals surface area contributed by atoms with Crippen LogP contribution < -0.4 is 0 Å². The Morgan fingerprint density at radius 1 is 1.09 bits per heavy atom. The van der Waals surface area contributed by atoms with Crippen LogP contribution in [0.5, 0.6) is 0 Å². The van der Waals surface area contributed by atoms with Gasteiger partial charge in [-0.2, -0.15) is 13.2 Å². The number of carbonyl (C=O) groups excluding carboxylic acids is 1. The predicted molar refractivity (Wildman–Crippen MR) is 112 cm³/mol. The van der Waals surface area contributed by atoms with Gasteiger partial charge in [-0.15, -0.1) is 0 Å². The van der Waals surface area contributed by atoms with E-state index >= 15 is 0 Å². The molecule has 0 saturated carbocycles. The van der Waals surface area contributed by atoms with Crippen molar-refractivity contribution in [3.8, 4) is 11.4 Å². The highest BCUT2D eigenvalue weighted by Crippen LogP contribution is 2.28. The van der Waals surface area contributed by atoms with E-state index in [1.165, 1.54) is 0 Å². The number of aryl methyl sites for hydroxylation is 2. The van der Waals surface area contributed by atoms with Crippen LogP contribution in [0.15, 0.2) is 43.0 Å². The number of nitrogens with zero attached hydrogens (tertiary/aromatic N) is 6. The highest BCUT2D eigenvalue weighted by molar-refractivity contribution is 5.98. The van der Waals surface area contributed by atoms with Crippen LogP contribution in [0.25, 0.3) is 11.4 Å². The van der Waals surface area contributed by atoms with Crippen molar-refractivity contribution < 1.29 is 18.0 Å². The molecule has 1 atom stereocenters. The molecule has 10 heteroatoms. The van der Waals surface area contributed by atoms with Gasteiger partial charge in [0.05, 0.1) is 11.1 Å². The van der Waals surface area contributed by atoms with E-state index in [2.05, 4.69) is 24.9 Å². The van der Waals surface area contributed by atoms with Crippen LogP contribution in [0.4, 0.5) is 13.2 Å². The normalized spacial score (nSPS) is 12.4. The van der Waals surface area contributed by atoms with E-state index in [0.29, 0.717) is 42.2 Å². The molecule has 0 radical (unpaired) electrons. The molecule has 0 N–H and O–H groups in total. The summed E-state index contributed by atoms with van der Waals surface area (Å²) in [4.78, 5) is 35.4. The molecular formula is C22H23F3N6O. The zero-order chi connectivity index (χ0) is 23.3. The average Bonchev–Trinajstić information content (AvgIpc) is 2.79. The van der Waals surface area contributed by atoms with Crippen molar-refractivity contribution in [3.63, 3.8) is 0 Å². The fourth-order valence-corrected chi connectivity index (χ4v) is 3.27. The summed E-state index contributed by atoms with van der Waals surface area (Å²) in [6.07, 6.45) is 1.75. The first kappa shape index (κ1) is 23.2. The van der Waals surface area contributed by atoms with Crippen molar-refractivity contribution in [1.29, 1.82) is 0 Å². The Kier molecular flexibility index (Phi) is 7.12. The van der Waals surface area contributed by atoms with Crippen molar-refractivity contribution >= 4 is 5.91 Å². The number of hydrogen-bond acceptors (Lipinski definition) is 6. The molecule has 3 rings (SSSR count). The molecule has 3 heterocycles. The molecule has 0 spiro atoms. The predicted octanol–water partition coefficient (Wildman–Crippen LogP) is 4.14. The van der Waals surface area contributed by atoms with E-state index in [1.807, 2.05) is 6.92 Å². The van der Waals surface area contributed by atoms with E-state index < -0.39 is 11.7 Å². The first-order chi connectivity index (χ1) is 15.2. The first-order valence-electron chi connectivity index (χ1n) is 10.1. The summed E-state index contributed by atoms with van der Waals surface area (Å²) in [7, 11) is 1.68. The average molecular weight is 444 g/mol. The number of amides is 1. The summed E-state index contributed by atoms with van der Waals surface area (Å²) in [5.74, 6) is 0.420. The molecule has 168 valence electrons. The van der Waals surface area contributed by atoms with Gasteiger partial charge >= 0.3 is 6.18 Å². The van der Waals surface area contributed by atoms with Gasteiger partial charge in [0.1, 0.15) is 11.5 Å². The lowest BCUT2D eigenvalue weighted by Crippen LogP contribution is -2.38. The van der Waals surface area contributed by atoms with Crippen LogP contribution in [-0.4, -0.2) is 48.8 Å². The number of halogens is 3. The number of carbonyl (C=O) groups is 1. The summed E-state index contributed by atoms with van der Waals surface area (Å²) in [5, 5.41) is 0. The van der Waals surface area contributed by atoms with E-state index in [-0.39, 0.29) is 17.6 Å². The molecule has 0 aliphatic carbocycles. The van der Waals surface area contributed by atoms with E-state index in [0.717, 1.165) is 12.4 Å². The molecule has 0 saturated heterocycles. The summed E-state index contributed by atoms with van der Waals surface area (Å²) in [6, 6.07) is 5.08. The van der Waals surface area contributed by atoms with E-state index in [9.17, 15) is 18.0 Å². The van der Waals surface area contributed by atoms with Crippen LogP contribution in [0, 0.1) is 6.92 Å². The molecule has 0 aromatic carbocycles. The van der Waals surface area contributed by atoms with Crippen molar-refractivity contribution in [1.82, 2.24) is 29.8 Å². The van der Waals surface area contributed by atoms with Gasteiger partial charge in [0.15, 0.2) is 5.82 Å². The zero-order valence-corrected chi connectivity index (χ0v) is 18.0. The third-order valence-corrected chi connectivity index (χ3v) is 5.12. The molecular weight excluding hydrogens is 421 g/mol. The van der Waals surface area contributed by atoms with Crippen molar-refractivity contribution in [3.05, 3.63) is 65.8 Å². The van der Waals surface area contributed by atoms with Crippen LogP contribution in [0.1, 0.15) is 47.3 Å². The summed E-state index contributed by atoms with van der Waals surface area (Å²) >= 11 is 0.